The quantitative estimate of drug-likeness (QED) is 0.787. The number of hydrogen-bond donors (Lipinski definition) is 1. The highest BCUT2D eigenvalue weighted by atomic mass is 15.5. The third-order valence-electron chi connectivity index (χ3n) is 3.84. The summed E-state index contributed by atoms with van der Waals surface area (Å²) >= 11 is 0. The third kappa shape index (κ3) is 3.60. The lowest BCUT2D eigenvalue weighted by molar-refractivity contribution is 0.380. The minimum absolute atomic E-state index is 0.372. The van der Waals surface area contributed by atoms with E-state index in [-0.39, 0.29) is 0 Å². The van der Waals surface area contributed by atoms with Crippen LogP contribution in [0.25, 0.3) is 11.4 Å². The molecule has 0 radical (unpaired) electrons. The van der Waals surface area contributed by atoms with Crippen molar-refractivity contribution in [3.63, 3.8) is 0 Å². The number of nitrogens with two attached hydrogens (primary N) is 1. The van der Waals surface area contributed by atoms with Crippen LogP contribution in [0.15, 0.2) is 18.2 Å². The average Bonchev–Trinajstić information content (AvgIpc) is 2.92. The van der Waals surface area contributed by atoms with Crippen LogP contribution in [0.1, 0.15) is 57.6 Å². The summed E-state index contributed by atoms with van der Waals surface area (Å²) in [6, 6.07) is 6.25. The fraction of sp³-hybridized carbons (Fsp3) is 0.562. The van der Waals surface area contributed by atoms with Gasteiger partial charge in [-0.15, -0.1) is 5.10 Å². The van der Waals surface area contributed by atoms with Crippen LogP contribution in [0.4, 0.5) is 5.69 Å². The van der Waals surface area contributed by atoms with Gasteiger partial charge in [0, 0.05) is 11.3 Å². The van der Waals surface area contributed by atoms with E-state index in [0.717, 1.165) is 41.9 Å². The molecule has 1 aromatic heterocycles. The summed E-state index contributed by atoms with van der Waals surface area (Å²) in [5.74, 6) is 0.849. The fourth-order valence-electron chi connectivity index (χ4n) is 2.72. The van der Waals surface area contributed by atoms with Crippen molar-refractivity contribution in [1.29, 1.82) is 0 Å². The maximum Gasteiger partial charge on any atom is 0.182 e. The SMILES string of the molecule is CCCCC(CCC)n1nnnc1-c1ccc(N)cc1C. The normalized spacial score (nSPS) is 12.5. The molecule has 0 aliphatic carbocycles. The van der Waals surface area contributed by atoms with Crippen molar-refractivity contribution in [1.82, 2.24) is 20.2 Å². The first-order chi connectivity index (χ1) is 10.2. The Kier molecular flexibility index (Phi) is 5.31. The smallest absolute Gasteiger partial charge is 0.182 e. The molecule has 1 aromatic carbocycles. The summed E-state index contributed by atoms with van der Waals surface area (Å²) in [4.78, 5) is 0. The number of anilines is 1. The second-order valence-electron chi connectivity index (χ2n) is 5.61. The molecule has 0 saturated heterocycles. The van der Waals surface area contributed by atoms with Crippen molar-refractivity contribution in [3.8, 4) is 11.4 Å². The molecular formula is C16H25N5. The lowest BCUT2D eigenvalue weighted by atomic mass is 10.0. The largest absolute Gasteiger partial charge is 0.399 e. The topological polar surface area (TPSA) is 69.6 Å². The van der Waals surface area contributed by atoms with E-state index in [1.54, 1.807) is 0 Å². The Morgan fingerprint density at radius 2 is 2.00 bits per heavy atom. The van der Waals surface area contributed by atoms with Crippen molar-refractivity contribution < 1.29 is 0 Å². The Morgan fingerprint density at radius 1 is 1.19 bits per heavy atom. The minimum atomic E-state index is 0.372. The highest BCUT2D eigenvalue weighted by molar-refractivity contribution is 5.63. The Bertz CT molecular complexity index is 576. The second kappa shape index (κ2) is 7.20. The molecule has 114 valence electrons. The number of aromatic nitrogens is 4. The number of nitrogen functional groups attached to an aromatic ring is 1. The molecule has 1 atom stereocenters. The van der Waals surface area contributed by atoms with E-state index in [1.165, 1.54) is 12.8 Å². The van der Waals surface area contributed by atoms with Crippen LogP contribution in [-0.2, 0) is 0 Å². The number of hydrogen-bond acceptors (Lipinski definition) is 4. The van der Waals surface area contributed by atoms with Crippen molar-refractivity contribution in [2.75, 3.05) is 5.73 Å². The van der Waals surface area contributed by atoms with E-state index < -0.39 is 0 Å². The molecule has 0 spiro atoms. The molecular weight excluding hydrogens is 262 g/mol. The van der Waals surface area contributed by atoms with Gasteiger partial charge in [0.2, 0.25) is 0 Å². The second-order valence-corrected chi connectivity index (χ2v) is 5.61. The van der Waals surface area contributed by atoms with Gasteiger partial charge >= 0.3 is 0 Å². The molecule has 0 aliphatic rings. The summed E-state index contributed by atoms with van der Waals surface area (Å²) in [5, 5.41) is 12.4. The summed E-state index contributed by atoms with van der Waals surface area (Å²) in [7, 11) is 0. The molecule has 0 bridgehead atoms. The maximum atomic E-state index is 5.83. The van der Waals surface area contributed by atoms with E-state index in [4.69, 9.17) is 5.73 Å². The molecule has 2 rings (SSSR count). The standard InChI is InChI=1S/C16H25N5/c1-4-6-8-14(7-5-2)21-16(18-19-20-21)15-10-9-13(17)11-12(15)3/h9-11,14H,4-8,17H2,1-3H3. The van der Waals surface area contributed by atoms with Crippen LogP contribution in [-0.4, -0.2) is 20.2 Å². The minimum Gasteiger partial charge on any atom is -0.399 e. The van der Waals surface area contributed by atoms with Crippen molar-refractivity contribution in [2.45, 2.75) is 58.9 Å². The Morgan fingerprint density at radius 3 is 2.67 bits per heavy atom. The first-order valence-corrected chi connectivity index (χ1v) is 7.81. The van der Waals surface area contributed by atoms with Crippen LogP contribution in [0.3, 0.4) is 0 Å². The van der Waals surface area contributed by atoms with Crippen molar-refractivity contribution in [3.05, 3.63) is 23.8 Å². The van der Waals surface area contributed by atoms with E-state index in [9.17, 15) is 0 Å². The van der Waals surface area contributed by atoms with Gasteiger partial charge in [-0.1, -0.05) is 33.1 Å². The van der Waals surface area contributed by atoms with Gasteiger partial charge in [-0.05, 0) is 54.0 Å². The van der Waals surface area contributed by atoms with E-state index >= 15 is 0 Å². The lowest BCUT2D eigenvalue weighted by Gasteiger charge is -2.18. The van der Waals surface area contributed by atoms with Crippen LogP contribution >= 0.6 is 0 Å². The summed E-state index contributed by atoms with van der Waals surface area (Å²) in [6.45, 7) is 6.47. The first-order valence-electron chi connectivity index (χ1n) is 7.81. The number of rotatable bonds is 7. The number of nitrogens with zero attached hydrogens (tertiary/aromatic N) is 4. The number of aryl methyl sites for hydroxylation is 1. The van der Waals surface area contributed by atoms with Crippen LogP contribution in [0.5, 0.6) is 0 Å². The summed E-state index contributed by atoms with van der Waals surface area (Å²) < 4.78 is 2.00. The van der Waals surface area contributed by atoms with E-state index in [2.05, 4.69) is 29.4 Å². The summed E-state index contributed by atoms with van der Waals surface area (Å²) in [6.07, 6.45) is 5.75. The zero-order chi connectivity index (χ0) is 15.2. The van der Waals surface area contributed by atoms with Crippen molar-refractivity contribution >= 4 is 5.69 Å². The molecule has 21 heavy (non-hydrogen) atoms. The molecule has 5 nitrogen and oxygen atoms in total. The molecule has 0 saturated carbocycles. The predicted octanol–water partition coefficient (Wildman–Crippen LogP) is 3.76. The van der Waals surface area contributed by atoms with Crippen LogP contribution < -0.4 is 5.73 Å². The maximum absolute atomic E-state index is 5.83. The Hall–Kier alpha value is -1.91. The number of tetrazole rings is 1. The first kappa shape index (κ1) is 15.5. The van der Waals surface area contributed by atoms with Gasteiger partial charge in [0.1, 0.15) is 0 Å². The average molecular weight is 287 g/mol. The van der Waals surface area contributed by atoms with Gasteiger partial charge in [-0.2, -0.15) is 0 Å². The molecule has 0 fully saturated rings. The van der Waals surface area contributed by atoms with E-state index in [0.29, 0.717) is 6.04 Å². The van der Waals surface area contributed by atoms with Gasteiger partial charge in [0.15, 0.2) is 5.82 Å². The monoisotopic (exact) mass is 287 g/mol. The molecule has 1 unspecified atom stereocenters. The lowest BCUT2D eigenvalue weighted by Crippen LogP contribution is -2.13. The van der Waals surface area contributed by atoms with Crippen molar-refractivity contribution in [2.24, 2.45) is 0 Å². The zero-order valence-corrected chi connectivity index (χ0v) is 13.2. The Labute approximate surface area is 126 Å². The zero-order valence-electron chi connectivity index (χ0n) is 13.2. The molecule has 0 aliphatic heterocycles. The molecule has 5 heteroatoms. The molecule has 2 aromatic rings. The van der Waals surface area contributed by atoms with Gasteiger partial charge < -0.3 is 5.73 Å². The summed E-state index contributed by atoms with van der Waals surface area (Å²) in [5.41, 5.74) is 8.77. The molecule has 1 heterocycles. The predicted molar refractivity (Wildman–Crippen MR) is 85.9 cm³/mol. The number of unbranched alkanes of at least 4 members (excludes halogenated alkanes) is 1. The van der Waals surface area contributed by atoms with Crippen LogP contribution in [0, 0.1) is 6.92 Å². The molecule has 0 amide bonds. The fourth-order valence-corrected chi connectivity index (χ4v) is 2.72. The van der Waals surface area contributed by atoms with E-state index in [1.807, 2.05) is 29.8 Å². The van der Waals surface area contributed by atoms with Gasteiger partial charge in [0.25, 0.3) is 0 Å². The van der Waals surface area contributed by atoms with Gasteiger partial charge in [-0.3, -0.25) is 0 Å². The number of benzene rings is 1. The van der Waals surface area contributed by atoms with Gasteiger partial charge in [-0.25, -0.2) is 4.68 Å². The van der Waals surface area contributed by atoms with Gasteiger partial charge in [0.05, 0.1) is 6.04 Å². The Balaban J connectivity index is 2.35. The van der Waals surface area contributed by atoms with Crippen LogP contribution in [0.2, 0.25) is 0 Å². The highest BCUT2D eigenvalue weighted by Crippen LogP contribution is 2.28. The molecule has 2 N–H and O–H groups in total. The highest BCUT2D eigenvalue weighted by Gasteiger charge is 2.18. The third-order valence-corrected chi connectivity index (χ3v) is 3.84.